The minimum atomic E-state index is -0.0455. The Morgan fingerprint density at radius 2 is 2.08 bits per heavy atom. The highest BCUT2D eigenvalue weighted by atomic mass is 16.5. The van der Waals surface area contributed by atoms with E-state index in [0.29, 0.717) is 12.2 Å². The highest BCUT2D eigenvalue weighted by molar-refractivity contribution is 6.04. The summed E-state index contributed by atoms with van der Waals surface area (Å²) in [4.78, 5) is 16.3. The molecule has 4 rings (SSSR count). The summed E-state index contributed by atoms with van der Waals surface area (Å²) in [6.07, 6.45) is 2.41. The smallest absolute Gasteiger partial charge is 0.182 e. The number of aryl methyl sites for hydroxylation is 2. The maximum absolute atomic E-state index is 13.0. The summed E-state index contributed by atoms with van der Waals surface area (Å²) in [5, 5.41) is 10.9. The van der Waals surface area contributed by atoms with Crippen molar-refractivity contribution in [1.29, 1.82) is 0 Å². The van der Waals surface area contributed by atoms with Crippen LogP contribution in [0.4, 0.5) is 0 Å². The van der Waals surface area contributed by atoms with Gasteiger partial charge in [0, 0.05) is 16.8 Å². The summed E-state index contributed by atoms with van der Waals surface area (Å²) in [6.45, 7) is 2.07. The van der Waals surface area contributed by atoms with Gasteiger partial charge in [-0.2, -0.15) is 0 Å². The summed E-state index contributed by atoms with van der Waals surface area (Å²) in [7, 11) is 1.53. The first-order valence-electron chi connectivity index (χ1n) is 8.58. The van der Waals surface area contributed by atoms with Gasteiger partial charge in [0.1, 0.15) is 0 Å². The molecule has 3 aromatic rings. The minimum Gasteiger partial charge on any atom is -0.504 e. The van der Waals surface area contributed by atoms with Crippen molar-refractivity contribution in [3.63, 3.8) is 0 Å². The number of methoxy groups -OCH3 is 1. The number of H-pyrrole nitrogens is 1. The molecule has 4 nitrogen and oxygen atoms in total. The van der Waals surface area contributed by atoms with Crippen LogP contribution in [-0.4, -0.2) is 23.0 Å². The molecule has 2 N–H and O–H groups in total. The second-order valence-electron chi connectivity index (χ2n) is 6.84. The van der Waals surface area contributed by atoms with Crippen LogP contribution in [0.1, 0.15) is 33.6 Å². The number of phenols is 1. The van der Waals surface area contributed by atoms with Crippen LogP contribution in [-0.2, 0) is 12.8 Å². The van der Waals surface area contributed by atoms with Crippen molar-refractivity contribution < 1.29 is 14.6 Å². The van der Waals surface area contributed by atoms with Gasteiger partial charge in [-0.1, -0.05) is 17.7 Å². The molecule has 1 aliphatic carbocycles. The number of carbonyl (C=O) groups is 1. The third kappa shape index (κ3) is 2.68. The normalized spacial score (nSPS) is 16.9. The number of ether oxygens (including phenoxy) is 1. The molecule has 0 saturated heterocycles. The Hall–Kier alpha value is -2.75. The molecule has 4 heteroatoms. The van der Waals surface area contributed by atoms with Gasteiger partial charge in [0.15, 0.2) is 17.3 Å². The van der Waals surface area contributed by atoms with Crippen LogP contribution in [0.5, 0.6) is 11.5 Å². The van der Waals surface area contributed by atoms with Crippen molar-refractivity contribution in [2.45, 2.75) is 26.2 Å². The summed E-state index contributed by atoms with van der Waals surface area (Å²) in [5.74, 6) is 0.704. The quantitative estimate of drug-likeness (QED) is 0.755. The molecule has 1 atom stereocenters. The van der Waals surface area contributed by atoms with Crippen LogP contribution < -0.4 is 4.74 Å². The first-order valence-corrected chi connectivity index (χ1v) is 8.58. The molecule has 0 saturated carbocycles. The molecule has 0 spiro atoms. The maximum Gasteiger partial charge on any atom is 0.182 e. The van der Waals surface area contributed by atoms with Gasteiger partial charge >= 0.3 is 0 Å². The fourth-order valence-electron chi connectivity index (χ4n) is 3.81. The van der Waals surface area contributed by atoms with Gasteiger partial charge in [0.25, 0.3) is 0 Å². The molecule has 2 aromatic carbocycles. The molecule has 1 aliphatic rings. The van der Waals surface area contributed by atoms with Gasteiger partial charge in [0.2, 0.25) is 0 Å². The third-order valence-electron chi connectivity index (χ3n) is 5.15. The Morgan fingerprint density at radius 1 is 1.24 bits per heavy atom. The van der Waals surface area contributed by atoms with Gasteiger partial charge in [-0.15, -0.1) is 0 Å². The fraction of sp³-hybridized carbons (Fsp3) is 0.286. The number of hydrogen-bond acceptors (Lipinski definition) is 3. The zero-order chi connectivity index (χ0) is 17.6. The van der Waals surface area contributed by atoms with E-state index in [1.807, 2.05) is 12.1 Å². The molecule has 1 heterocycles. The molecular weight excluding hydrogens is 314 g/mol. The molecule has 0 amide bonds. The van der Waals surface area contributed by atoms with E-state index in [2.05, 4.69) is 30.1 Å². The Bertz CT molecular complexity index is 971. The minimum absolute atomic E-state index is 0.0455. The lowest BCUT2D eigenvalue weighted by atomic mass is 9.82. The Labute approximate surface area is 146 Å². The third-order valence-corrected chi connectivity index (χ3v) is 5.15. The molecular formula is C21H21NO3. The average molecular weight is 335 g/mol. The van der Waals surface area contributed by atoms with Crippen molar-refractivity contribution in [1.82, 2.24) is 4.98 Å². The van der Waals surface area contributed by atoms with Crippen molar-refractivity contribution in [2.24, 2.45) is 5.92 Å². The highest BCUT2D eigenvalue weighted by Gasteiger charge is 2.30. The summed E-state index contributed by atoms with van der Waals surface area (Å²) >= 11 is 0. The van der Waals surface area contributed by atoms with Gasteiger partial charge in [0.05, 0.1) is 12.8 Å². The standard InChI is InChI=1S/C21H21NO3/c1-12-3-7-17-16(9-12)15-6-5-14(21(24)20(15)22-17)10-13-4-8-18(23)19(11-13)25-2/h3-4,7-9,11,14,22-23H,5-6,10H2,1-2H3. The van der Waals surface area contributed by atoms with E-state index in [1.165, 1.54) is 18.1 Å². The van der Waals surface area contributed by atoms with E-state index in [-0.39, 0.29) is 17.5 Å². The van der Waals surface area contributed by atoms with Crippen molar-refractivity contribution in [3.8, 4) is 11.5 Å². The van der Waals surface area contributed by atoms with Crippen LogP contribution in [0.15, 0.2) is 36.4 Å². The largest absolute Gasteiger partial charge is 0.504 e. The summed E-state index contributed by atoms with van der Waals surface area (Å²) < 4.78 is 5.17. The monoisotopic (exact) mass is 335 g/mol. The molecule has 0 radical (unpaired) electrons. The average Bonchev–Trinajstić information content (AvgIpc) is 2.97. The number of rotatable bonds is 3. The van der Waals surface area contributed by atoms with Crippen molar-refractivity contribution >= 4 is 16.7 Å². The van der Waals surface area contributed by atoms with E-state index >= 15 is 0 Å². The lowest BCUT2D eigenvalue weighted by Gasteiger charge is -2.21. The number of hydrogen-bond donors (Lipinski definition) is 2. The number of fused-ring (bicyclic) bond motifs is 3. The van der Waals surface area contributed by atoms with E-state index in [9.17, 15) is 9.90 Å². The van der Waals surface area contributed by atoms with E-state index in [4.69, 9.17) is 4.74 Å². The number of aromatic nitrogens is 1. The van der Waals surface area contributed by atoms with Crippen molar-refractivity contribution in [2.75, 3.05) is 7.11 Å². The zero-order valence-corrected chi connectivity index (χ0v) is 14.4. The molecule has 0 fully saturated rings. The van der Waals surface area contributed by atoms with Crippen molar-refractivity contribution in [3.05, 3.63) is 58.8 Å². The number of carbonyl (C=O) groups excluding carboxylic acids is 1. The number of nitrogens with one attached hydrogen (secondary N) is 1. The zero-order valence-electron chi connectivity index (χ0n) is 14.4. The Morgan fingerprint density at radius 3 is 2.88 bits per heavy atom. The number of phenolic OH excluding ortho intramolecular Hbond substituents is 1. The summed E-state index contributed by atoms with van der Waals surface area (Å²) in [5.41, 5.74) is 5.17. The number of ketones is 1. The second kappa shape index (κ2) is 5.96. The van der Waals surface area contributed by atoms with Crippen LogP contribution in [0.3, 0.4) is 0 Å². The number of Topliss-reactive ketones (excluding diaryl/α,β-unsaturated/α-hetero) is 1. The van der Waals surface area contributed by atoms with Gasteiger partial charge in [-0.05, 0) is 61.6 Å². The van der Waals surface area contributed by atoms with Crippen LogP contribution in [0.25, 0.3) is 10.9 Å². The molecule has 1 aromatic heterocycles. The van der Waals surface area contributed by atoms with Gasteiger partial charge in [-0.3, -0.25) is 4.79 Å². The first-order chi connectivity index (χ1) is 12.1. The maximum atomic E-state index is 13.0. The summed E-state index contributed by atoms with van der Waals surface area (Å²) in [6, 6.07) is 11.6. The van der Waals surface area contributed by atoms with Crippen LogP contribution in [0.2, 0.25) is 0 Å². The van der Waals surface area contributed by atoms with Crippen LogP contribution in [0, 0.1) is 12.8 Å². The predicted molar refractivity (Wildman–Crippen MR) is 97.5 cm³/mol. The SMILES string of the molecule is COc1cc(CC2CCc3c([nH]c4ccc(C)cc34)C2=O)ccc1O. The lowest BCUT2D eigenvalue weighted by Crippen LogP contribution is -2.24. The van der Waals surface area contributed by atoms with E-state index in [1.54, 1.807) is 6.07 Å². The second-order valence-corrected chi connectivity index (χ2v) is 6.84. The fourth-order valence-corrected chi connectivity index (χ4v) is 3.81. The van der Waals surface area contributed by atoms with Crippen LogP contribution >= 0.6 is 0 Å². The first kappa shape index (κ1) is 15.8. The number of aromatic amines is 1. The van der Waals surface area contributed by atoms with Gasteiger partial charge in [-0.25, -0.2) is 0 Å². The highest BCUT2D eigenvalue weighted by Crippen LogP contribution is 2.34. The number of benzene rings is 2. The Balaban J connectivity index is 1.64. The lowest BCUT2D eigenvalue weighted by molar-refractivity contribution is 0.0897. The Kier molecular flexibility index (Phi) is 3.75. The number of aromatic hydroxyl groups is 1. The molecule has 0 aliphatic heterocycles. The van der Waals surface area contributed by atoms with E-state index in [0.717, 1.165) is 35.2 Å². The topological polar surface area (TPSA) is 62.3 Å². The van der Waals surface area contributed by atoms with Gasteiger partial charge < -0.3 is 14.8 Å². The molecule has 0 bridgehead atoms. The molecule has 25 heavy (non-hydrogen) atoms. The predicted octanol–water partition coefficient (Wildman–Crippen LogP) is 4.18. The van der Waals surface area contributed by atoms with E-state index < -0.39 is 0 Å². The molecule has 1 unspecified atom stereocenters. The molecule has 128 valence electrons.